The van der Waals surface area contributed by atoms with Crippen LogP contribution in [0.1, 0.15) is 21.5 Å². The number of imidazole rings is 1. The van der Waals surface area contributed by atoms with E-state index in [1.165, 1.54) is 0 Å². The first kappa shape index (κ1) is 13.3. The first-order valence-corrected chi connectivity index (χ1v) is 6.70. The molecule has 0 aliphatic rings. The number of rotatable bonds is 2. The van der Waals surface area contributed by atoms with E-state index >= 15 is 0 Å². The van der Waals surface area contributed by atoms with E-state index in [9.17, 15) is 4.79 Å². The number of benzene rings is 1. The van der Waals surface area contributed by atoms with Gasteiger partial charge >= 0.3 is 0 Å². The van der Waals surface area contributed by atoms with Crippen molar-refractivity contribution in [3.8, 4) is 0 Å². The van der Waals surface area contributed by atoms with E-state index in [4.69, 9.17) is 0 Å². The van der Waals surface area contributed by atoms with Gasteiger partial charge in [0, 0.05) is 18.9 Å². The fraction of sp³-hybridized carbons (Fsp3) is 0.188. The Labute approximate surface area is 122 Å². The summed E-state index contributed by atoms with van der Waals surface area (Å²) in [6, 6.07) is 7.79. The van der Waals surface area contributed by atoms with Crippen molar-refractivity contribution in [2.45, 2.75) is 13.8 Å². The Hall–Kier alpha value is -2.69. The lowest BCUT2D eigenvalue weighted by Gasteiger charge is -2.19. The summed E-state index contributed by atoms with van der Waals surface area (Å²) in [5.74, 6) is -0.0864. The molecule has 0 saturated carbocycles. The molecule has 106 valence electrons. The van der Waals surface area contributed by atoms with Crippen LogP contribution in [0.4, 0.5) is 5.69 Å². The van der Waals surface area contributed by atoms with Gasteiger partial charge in [-0.25, -0.2) is 9.97 Å². The highest BCUT2D eigenvalue weighted by Gasteiger charge is 2.18. The summed E-state index contributed by atoms with van der Waals surface area (Å²) in [7, 11) is 1.78. The quantitative estimate of drug-likeness (QED) is 0.785. The highest BCUT2D eigenvalue weighted by atomic mass is 16.2. The lowest BCUT2D eigenvalue weighted by molar-refractivity contribution is 0.0994. The van der Waals surface area contributed by atoms with Gasteiger partial charge in [-0.3, -0.25) is 4.79 Å². The van der Waals surface area contributed by atoms with Gasteiger partial charge in [0.15, 0.2) is 5.65 Å². The van der Waals surface area contributed by atoms with Crippen LogP contribution in [0, 0.1) is 13.8 Å². The van der Waals surface area contributed by atoms with Gasteiger partial charge in [-0.1, -0.05) is 6.07 Å². The number of fused-ring (bicyclic) bond motifs is 1. The molecule has 0 atom stereocenters. The summed E-state index contributed by atoms with van der Waals surface area (Å²) >= 11 is 0. The number of aromatic amines is 1. The number of aryl methyl sites for hydroxylation is 2. The summed E-state index contributed by atoms with van der Waals surface area (Å²) in [6.07, 6.45) is 3.15. The van der Waals surface area contributed by atoms with Crippen molar-refractivity contribution in [2.75, 3.05) is 11.9 Å². The monoisotopic (exact) mass is 280 g/mol. The number of carbonyl (C=O) groups is 1. The predicted octanol–water partition coefficient (Wildman–Crippen LogP) is 2.85. The molecule has 0 unspecified atom stereocenters. The van der Waals surface area contributed by atoms with Crippen molar-refractivity contribution in [3.05, 3.63) is 53.5 Å². The van der Waals surface area contributed by atoms with E-state index in [1.807, 2.05) is 26.0 Å². The number of aromatic nitrogens is 3. The molecule has 5 heteroatoms. The van der Waals surface area contributed by atoms with Gasteiger partial charge in [0.1, 0.15) is 0 Å². The first-order chi connectivity index (χ1) is 10.1. The Balaban J connectivity index is 2.03. The summed E-state index contributed by atoms with van der Waals surface area (Å²) in [5.41, 5.74) is 4.92. The highest BCUT2D eigenvalue weighted by molar-refractivity contribution is 6.12. The fourth-order valence-electron chi connectivity index (χ4n) is 2.47. The topological polar surface area (TPSA) is 61.9 Å². The summed E-state index contributed by atoms with van der Waals surface area (Å²) in [5, 5.41) is 0. The molecule has 0 aliphatic heterocycles. The molecule has 3 aromatic rings. The van der Waals surface area contributed by atoms with Gasteiger partial charge in [0.05, 0.1) is 17.4 Å². The molecule has 21 heavy (non-hydrogen) atoms. The number of amides is 1. The highest BCUT2D eigenvalue weighted by Crippen LogP contribution is 2.21. The molecule has 0 saturated heterocycles. The third kappa shape index (κ3) is 2.38. The molecule has 0 aliphatic carbocycles. The summed E-state index contributed by atoms with van der Waals surface area (Å²) in [6.45, 7) is 4.04. The molecule has 5 nitrogen and oxygen atoms in total. The lowest BCUT2D eigenvalue weighted by atomic mass is 10.1. The predicted molar refractivity (Wildman–Crippen MR) is 82.5 cm³/mol. The van der Waals surface area contributed by atoms with Gasteiger partial charge < -0.3 is 9.88 Å². The zero-order valence-corrected chi connectivity index (χ0v) is 12.2. The van der Waals surface area contributed by atoms with Gasteiger partial charge in [-0.05, 0) is 43.2 Å². The molecule has 1 amide bonds. The Morgan fingerprint density at radius 2 is 1.86 bits per heavy atom. The Morgan fingerprint density at radius 1 is 1.14 bits per heavy atom. The van der Waals surface area contributed by atoms with E-state index in [0.29, 0.717) is 16.7 Å². The van der Waals surface area contributed by atoms with Gasteiger partial charge in [-0.2, -0.15) is 0 Å². The van der Waals surface area contributed by atoms with Crippen molar-refractivity contribution in [3.63, 3.8) is 0 Å². The smallest absolute Gasteiger partial charge is 0.260 e. The fourth-order valence-corrected chi connectivity index (χ4v) is 2.47. The molecule has 1 N–H and O–H groups in total. The molecule has 0 spiro atoms. The molecule has 0 radical (unpaired) electrons. The molecule has 1 aromatic carbocycles. The van der Waals surface area contributed by atoms with Crippen LogP contribution in [-0.4, -0.2) is 27.9 Å². The average molecular weight is 280 g/mol. The van der Waals surface area contributed by atoms with Crippen LogP contribution < -0.4 is 4.90 Å². The standard InChI is InChI=1S/C16H16N4O/c1-10-6-11(2)8-12(7-10)20(3)16(21)13-4-5-17-15-14(13)18-9-19-15/h4-9H,1-3H3,(H,17,18,19). The average Bonchev–Trinajstić information content (AvgIpc) is 2.93. The number of carbonyl (C=O) groups excluding carboxylic acids is 1. The minimum Gasteiger partial charge on any atom is -0.343 e. The number of H-pyrrole nitrogens is 1. The largest absolute Gasteiger partial charge is 0.343 e. The van der Waals surface area contributed by atoms with Crippen molar-refractivity contribution < 1.29 is 4.79 Å². The Morgan fingerprint density at radius 3 is 2.57 bits per heavy atom. The number of hydrogen-bond acceptors (Lipinski definition) is 3. The van der Waals surface area contributed by atoms with Crippen LogP contribution >= 0.6 is 0 Å². The Kier molecular flexibility index (Phi) is 3.17. The lowest BCUT2D eigenvalue weighted by Crippen LogP contribution is -2.26. The van der Waals surface area contributed by atoms with E-state index in [0.717, 1.165) is 16.8 Å². The van der Waals surface area contributed by atoms with Crippen LogP contribution in [0.2, 0.25) is 0 Å². The third-order valence-electron chi connectivity index (χ3n) is 3.46. The van der Waals surface area contributed by atoms with Crippen LogP contribution in [0.5, 0.6) is 0 Å². The van der Waals surface area contributed by atoms with E-state index < -0.39 is 0 Å². The van der Waals surface area contributed by atoms with Crippen LogP contribution in [0.25, 0.3) is 11.2 Å². The van der Waals surface area contributed by atoms with Crippen molar-refractivity contribution >= 4 is 22.8 Å². The molecule has 2 heterocycles. The van der Waals surface area contributed by atoms with Crippen molar-refractivity contribution in [1.82, 2.24) is 15.0 Å². The van der Waals surface area contributed by atoms with Crippen LogP contribution in [0.15, 0.2) is 36.8 Å². The van der Waals surface area contributed by atoms with E-state index in [2.05, 4.69) is 21.0 Å². The SMILES string of the molecule is Cc1cc(C)cc(N(C)C(=O)c2ccnc3nc[nH]c23)c1. The maximum absolute atomic E-state index is 12.7. The second-order valence-corrected chi connectivity index (χ2v) is 5.17. The minimum absolute atomic E-state index is 0.0864. The van der Waals surface area contributed by atoms with E-state index in [-0.39, 0.29) is 5.91 Å². The maximum atomic E-state index is 12.7. The van der Waals surface area contributed by atoms with Crippen LogP contribution in [0.3, 0.4) is 0 Å². The van der Waals surface area contributed by atoms with Crippen molar-refractivity contribution in [2.24, 2.45) is 0 Å². The normalized spacial score (nSPS) is 10.8. The van der Waals surface area contributed by atoms with Gasteiger partial charge in [-0.15, -0.1) is 0 Å². The van der Waals surface area contributed by atoms with E-state index in [1.54, 1.807) is 30.5 Å². The zero-order valence-electron chi connectivity index (χ0n) is 12.2. The number of hydrogen-bond donors (Lipinski definition) is 1. The molecule has 0 fully saturated rings. The number of pyridine rings is 1. The number of nitrogens with one attached hydrogen (secondary N) is 1. The number of anilines is 1. The number of nitrogens with zero attached hydrogens (tertiary/aromatic N) is 3. The third-order valence-corrected chi connectivity index (χ3v) is 3.46. The molecule has 3 rings (SSSR count). The zero-order chi connectivity index (χ0) is 15.0. The van der Waals surface area contributed by atoms with Crippen molar-refractivity contribution in [1.29, 1.82) is 0 Å². The first-order valence-electron chi connectivity index (χ1n) is 6.70. The van der Waals surface area contributed by atoms with Gasteiger partial charge in [0.25, 0.3) is 5.91 Å². The second-order valence-electron chi connectivity index (χ2n) is 5.17. The summed E-state index contributed by atoms with van der Waals surface area (Å²) in [4.78, 5) is 25.6. The molecular weight excluding hydrogens is 264 g/mol. The van der Waals surface area contributed by atoms with Crippen LogP contribution in [-0.2, 0) is 0 Å². The molecular formula is C16H16N4O. The van der Waals surface area contributed by atoms with Gasteiger partial charge in [0.2, 0.25) is 0 Å². The Bertz CT molecular complexity index is 802. The second kappa shape index (κ2) is 5.01. The molecule has 2 aromatic heterocycles. The molecule has 0 bridgehead atoms. The minimum atomic E-state index is -0.0864. The maximum Gasteiger partial charge on any atom is 0.260 e. The summed E-state index contributed by atoms with van der Waals surface area (Å²) < 4.78 is 0.